The molecule has 4 heteroatoms. The zero-order valence-electron chi connectivity index (χ0n) is 9.53. The van der Waals surface area contributed by atoms with Crippen molar-refractivity contribution >= 4 is 27.4 Å². The maximum Gasteiger partial charge on any atom is 0.348 e. The van der Waals surface area contributed by atoms with Crippen molar-refractivity contribution in [2.75, 3.05) is 6.61 Å². The smallest absolute Gasteiger partial charge is 0.348 e. The van der Waals surface area contributed by atoms with Crippen LogP contribution in [0.5, 0.6) is 0 Å². The standard InChI is InChI=1S/C13H13FO2S/c1-2-3-6-16-13(15)12-7-9-4-5-10(14)8-11(9)17-12/h4-5,7-8H,2-3,6H2,1H3. The number of unbranched alkanes of at least 4 members (excludes halogenated alkanes) is 1. The third kappa shape index (κ3) is 2.82. The van der Waals surface area contributed by atoms with E-state index in [9.17, 15) is 9.18 Å². The van der Waals surface area contributed by atoms with E-state index in [1.165, 1.54) is 23.5 Å². The van der Waals surface area contributed by atoms with E-state index in [1.807, 2.05) is 6.92 Å². The van der Waals surface area contributed by atoms with Gasteiger partial charge in [0, 0.05) is 4.70 Å². The van der Waals surface area contributed by atoms with Gasteiger partial charge in [-0.15, -0.1) is 11.3 Å². The van der Waals surface area contributed by atoms with Crippen LogP contribution in [0.4, 0.5) is 4.39 Å². The monoisotopic (exact) mass is 252 g/mol. The molecule has 0 aliphatic heterocycles. The molecule has 1 heterocycles. The lowest BCUT2D eigenvalue weighted by molar-refractivity contribution is 0.0505. The Balaban J connectivity index is 2.15. The minimum Gasteiger partial charge on any atom is -0.462 e. The molecule has 0 unspecified atom stereocenters. The molecule has 0 aliphatic rings. The summed E-state index contributed by atoms with van der Waals surface area (Å²) in [5.41, 5.74) is 0. The molecule has 0 aliphatic carbocycles. The molecule has 0 spiro atoms. The summed E-state index contributed by atoms with van der Waals surface area (Å²) in [6.45, 7) is 2.48. The molecule has 0 saturated heterocycles. The molecule has 0 radical (unpaired) electrons. The van der Waals surface area contributed by atoms with Crippen LogP contribution >= 0.6 is 11.3 Å². The van der Waals surface area contributed by atoms with Gasteiger partial charge in [-0.3, -0.25) is 0 Å². The predicted octanol–water partition coefficient (Wildman–Crippen LogP) is 4.00. The maximum atomic E-state index is 13.0. The maximum absolute atomic E-state index is 13.0. The third-order valence-electron chi connectivity index (χ3n) is 2.41. The summed E-state index contributed by atoms with van der Waals surface area (Å²) in [7, 11) is 0. The van der Waals surface area contributed by atoms with Crippen LogP contribution in [0.25, 0.3) is 10.1 Å². The van der Waals surface area contributed by atoms with Gasteiger partial charge in [0.25, 0.3) is 0 Å². The van der Waals surface area contributed by atoms with Crippen LogP contribution in [0.15, 0.2) is 24.3 Å². The van der Waals surface area contributed by atoms with Crippen LogP contribution in [0.3, 0.4) is 0 Å². The van der Waals surface area contributed by atoms with Gasteiger partial charge in [0.2, 0.25) is 0 Å². The number of carbonyl (C=O) groups is 1. The van der Waals surface area contributed by atoms with E-state index in [2.05, 4.69) is 0 Å². The Morgan fingerprint density at radius 3 is 3.00 bits per heavy atom. The van der Waals surface area contributed by atoms with Crippen LogP contribution in [-0.4, -0.2) is 12.6 Å². The van der Waals surface area contributed by atoms with Crippen LogP contribution in [0.2, 0.25) is 0 Å². The lowest BCUT2D eigenvalue weighted by atomic mass is 10.2. The fourth-order valence-corrected chi connectivity index (χ4v) is 2.47. The molecule has 0 amide bonds. The van der Waals surface area contributed by atoms with Gasteiger partial charge < -0.3 is 4.74 Å². The largest absolute Gasteiger partial charge is 0.462 e. The molecule has 1 aromatic carbocycles. The van der Waals surface area contributed by atoms with Crippen molar-refractivity contribution in [3.63, 3.8) is 0 Å². The molecule has 2 rings (SSSR count). The first-order valence-electron chi connectivity index (χ1n) is 5.57. The lowest BCUT2D eigenvalue weighted by Gasteiger charge is -2.00. The van der Waals surface area contributed by atoms with Crippen LogP contribution in [-0.2, 0) is 4.74 Å². The molecule has 2 aromatic rings. The summed E-state index contributed by atoms with van der Waals surface area (Å²) in [5.74, 6) is -0.606. The van der Waals surface area contributed by atoms with Crippen LogP contribution < -0.4 is 0 Å². The van der Waals surface area contributed by atoms with Crippen molar-refractivity contribution in [3.8, 4) is 0 Å². The Kier molecular flexibility index (Phi) is 3.74. The Morgan fingerprint density at radius 1 is 1.41 bits per heavy atom. The minimum atomic E-state index is -0.319. The van der Waals surface area contributed by atoms with Crippen LogP contribution in [0.1, 0.15) is 29.4 Å². The zero-order chi connectivity index (χ0) is 12.3. The highest BCUT2D eigenvalue weighted by atomic mass is 32.1. The summed E-state index contributed by atoms with van der Waals surface area (Å²) in [6, 6.07) is 6.24. The van der Waals surface area contributed by atoms with Gasteiger partial charge in [-0.05, 0) is 30.0 Å². The summed E-state index contributed by atoms with van der Waals surface area (Å²) in [4.78, 5) is 12.2. The number of hydrogen-bond donors (Lipinski definition) is 0. The molecule has 0 saturated carbocycles. The van der Waals surface area contributed by atoms with E-state index in [1.54, 1.807) is 12.1 Å². The predicted molar refractivity (Wildman–Crippen MR) is 67.0 cm³/mol. The van der Waals surface area contributed by atoms with Crippen molar-refractivity contribution in [2.45, 2.75) is 19.8 Å². The summed E-state index contributed by atoms with van der Waals surface area (Å²) < 4.78 is 18.9. The molecule has 1 aromatic heterocycles. The van der Waals surface area contributed by atoms with Gasteiger partial charge in [-0.1, -0.05) is 19.4 Å². The highest BCUT2D eigenvalue weighted by Crippen LogP contribution is 2.26. The average molecular weight is 252 g/mol. The second-order valence-corrected chi connectivity index (χ2v) is 4.87. The molecule has 0 N–H and O–H groups in total. The number of fused-ring (bicyclic) bond motifs is 1. The van der Waals surface area contributed by atoms with Gasteiger partial charge in [0.1, 0.15) is 10.7 Å². The van der Waals surface area contributed by atoms with Crippen molar-refractivity contribution in [3.05, 3.63) is 35.0 Å². The number of halogens is 1. The average Bonchev–Trinajstić information content (AvgIpc) is 2.72. The Hall–Kier alpha value is -1.42. The Labute approximate surface area is 103 Å². The number of rotatable bonds is 4. The fourth-order valence-electron chi connectivity index (χ4n) is 1.49. The van der Waals surface area contributed by atoms with Crippen molar-refractivity contribution in [1.29, 1.82) is 0 Å². The second-order valence-electron chi connectivity index (χ2n) is 3.78. The summed E-state index contributed by atoms with van der Waals surface area (Å²) in [6.07, 6.45) is 1.86. The number of esters is 1. The topological polar surface area (TPSA) is 26.3 Å². The molecule has 0 bridgehead atoms. The highest BCUT2D eigenvalue weighted by molar-refractivity contribution is 7.20. The van der Waals surface area contributed by atoms with Crippen molar-refractivity contribution in [1.82, 2.24) is 0 Å². The van der Waals surface area contributed by atoms with Crippen molar-refractivity contribution in [2.24, 2.45) is 0 Å². The summed E-state index contributed by atoms with van der Waals surface area (Å²) >= 11 is 1.26. The minimum absolute atomic E-state index is 0.287. The molecule has 2 nitrogen and oxygen atoms in total. The molecule has 90 valence electrons. The lowest BCUT2D eigenvalue weighted by Crippen LogP contribution is -2.03. The zero-order valence-corrected chi connectivity index (χ0v) is 10.3. The molecule has 0 atom stereocenters. The number of ether oxygens (including phenoxy) is 1. The number of thiophene rings is 1. The first kappa shape index (κ1) is 12.0. The van der Waals surface area contributed by atoms with E-state index < -0.39 is 0 Å². The third-order valence-corrected chi connectivity index (χ3v) is 3.49. The van der Waals surface area contributed by atoms with E-state index in [4.69, 9.17) is 4.74 Å². The first-order valence-corrected chi connectivity index (χ1v) is 6.38. The first-order chi connectivity index (χ1) is 8.20. The number of carbonyl (C=O) groups excluding carboxylic acids is 1. The normalized spacial score (nSPS) is 10.7. The van der Waals surface area contributed by atoms with Gasteiger partial charge in [0.05, 0.1) is 6.61 Å². The molecular weight excluding hydrogens is 239 g/mol. The fraction of sp³-hybridized carbons (Fsp3) is 0.308. The van der Waals surface area contributed by atoms with Gasteiger partial charge in [-0.2, -0.15) is 0 Å². The highest BCUT2D eigenvalue weighted by Gasteiger charge is 2.11. The molecule has 0 fully saturated rings. The van der Waals surface area contributed by atoms with Gasteiger partial charge >= 0.3 is 5.97 Å². The van der Waals surface area contributed by atoms with E-state index in [0.29, 0.717) is 11.5 Å². The van der Waals surface area contributed by atoms with Gasteiger partial charge in [-0.25, -0.2) is 9.18 Å². The van der Waals surface area contributed by atoms with E-state index >= 15 is 0 Å². The quantitative estimate of drug-likeness (QED) is 0.607. The van der Waals surface area contributed by atoms with Crippen LogP contribution in [0, 0.1) is 5.82 Å². The number of hydrogen-bond acceptors (Lipinski definition) is 3. The molecule has 17 heavy (non-hydrogen) atoms. The Morgan fingerprint density at radius 2 is 2.24 bits per heavy atom. The van der Waals surface area contributed by atoms with E-state index in [-0.39, 0.29) is 11.8 Å². The van der Waals surface area contributed by atoms with Gasteiger partial charge in [0.15, 0.2) is 0 Å². The van der Waals surface area contributed by atoms with E-state index in [0.717, 1.165) is 22.9 Å². The second kappa shape index (κ2) is 5.27. The number of benzene rings is 1. The van der Waals surface area contributed by atoms with Crippen molar-refractivity contribution < 1.29 is 13.9 Å². The SMILES string of the molecule is CCCCOC(=O)c1cc2ccc(F)cc2s1. The Bertz CT molecular complexity index is 533. The molecular formula is C13H13FO2S. The summed E-state index contributed by atoms with van der Waals surface area (Å²) in [5, 5.41) is 0.874.